The summed E-state index contributed by atoms with van der Waals surface area (Å²) in [6, 6.07) is 4.27. The highest BCUT2D eigenvalue weighted by Gasteiger charge is 2.39. The van der Waals surface area contributed by atoms with Gasteiger partial charge in [0.2, 0.25) is 12.5 Å². The molecule has 5 rings (SSSR count). The van der Waals surface area contributed by atoms with Crippen LogP contribution in [0.4, 0.5) is 24.7 Å². The Morgan fingerprint density at radius 2 is 1.98 bits per heavy atom. The molecule has 0 N–H and O–H groups in total. The van der Waals surface area contributed by atoms with E-state index in [1.165, 1.54) is 18.2 Å². The number of likely N-dealkylation sites (tertiary alicyclic amines) is 1. The van der Waals surface area contributed by atoms with Crippen LogP contribution >= 0.6 is 11.6 Å². The zero-order valence-electron chi connectivity index (χ0n) is 26.6. The molecule has 4 heterocycles. The van der Waals surface area contributed by atoms with Gasteiger partial charge in [-0.15, -0.1) is 0 Å². The molecule has 1 amide bonds. The van der Waals surface area contributed by atoms with Gasteiger partial charge < -0.3 is 29.2 Å². The van der Waals surface area contributed by atoms with Gasteiger partial charge in [-0.2, -0.15) is 23.1 Å². The SMILES string of the molecule is [C-]#[N+]C[C@H]1CN(c2nc(OC[C@@H]3CCCN3C)nc3c2CCN(c2cccc(Cl)c2C(F)(F)F)C3)CCN1C(=O)/C=C/CC(C)C. The van der Waals surface area contributed by atoms with Crippen molar-refractivity contribution in [3.63, 3.8) is 0 Å². The smallest absolute Gasteiger partial charge is 0.419 e. The molecule has 0 saturated carbocycles. The third-order valence-electron chi connectivity index (χ3n) is 8.95. The third-order valence-corrected chi connectivity index (χ3v) is 9.27. The van der Waals surface area contributed by atoms with Crippen LogP contribution in [0.2, 0.25) is 5.02 Å². The minimum absolute atomic E-state index is 0.00984. The molecule has 46 heavy (non-hydrogen) atoms. The van der Waals surface area contributed by atoms with E-state index in [0.717, 1.165) is 31.4 Å². The van der Waals surface area contributed by atoms with Gasteiger partial charge in [-0.3, -0.25) is 4.79 Å². The van der Waals surface area contributed by atoms with E-state index in [4.69, 9.17) is 32.9 Å². The number of aromatic nitrogens is 2. The highest BCUT2D eigenvalue weighted by atomic mass is 35.5. The summed E-state index contributed by atoms with van der Waals surface area (Å²) in [7, 11) is 2.05. The van der Waals surface area contributed by atoms with Crippen molar-refractivity contribution in [1.82, 2.24) is 19.8 Å². The Kier molecular flexibility index (Phi) is 10.6. The molecule has 1 aromatic carbocycles. The van der Waals surface area contributed by atoms with Crippen LogP contribution in [-0.2, 0) is 23.9 Å². The zero-order valence-corrected chi connectivity index (χ0v) is 27.3. The maximum atomic E-state index is 14.1. The molecule has 248 valence electrons. The molecule has 2 saturated heterocycles. The predicted molar refractivity (Wildman–Crippen MR) is 172 cm³/mol. The first-order chi connectivity index (χ1) is 22.0. The van der Waals surface area contributed by atoms with Crippen LogP contribution in [0, 0.1) is 12.5 Å². The number of alkyl halides is 3. The lowest BCUT2D eigenvalue weighted by atomic mass is 10.0. The minimum atomic E-state index is -4.62. The third kappa shape index (κ3) is 7.69. The summed E-state index contributed by atoms with van der Waals surface area (Å²) in [5.74, 6) is 0.976. The second-order valence-corrected chi connectivity index (χ2v) is 13.1. The van der Waals surface area contributed by atoms with E-state index in [2.05, 4.69) is 35.5 Å². The molecular weight excluding hydrogens is 619 g/mol. The lowest BCUT2D eigenvalue weighted by Crippen LogP contribution is -2.56. The molecule has 2 atom stereocenters. The summed E-state index contributed by atoms with van der Waals surface area (Å²) in [6.07, 6.45) is 2.14. The molecule has 3 aliphatic rings. The Morgan fingerprint density at radius 1 is 1.17 bits per heavy atom. The first kappa shape index (κ1) is 33.8. The average molecular weight is 660 g/mol. The zero-order chi connectivity index (χ0) is 33.0. The number of hydrogen-bond donors (Lipinski definition) is 0. The Hall–Kier alpha value is -3.56. The van der Waals surface area contributed by atoms with Crippen LogP contribution in [0.15, 0.2) is 30.4 Å². The summed E-state index contributed by atoms with van der Waals surface area (Å²) in [4.78, 5) is 34.0. The van der Waals surface area contributed by atoms with Crippen LogP contribution in [0.3, 0.4) is 0 Å². The average Bonchev–Trinajstić information content (AvgIpc) is 3.42. The number of rotatable bonds is 9. The van der Waals surface area contributed by atoms with E-state index >= 15 is 0 Å². The van der Waals surface area contributed by atoms with Crippen molar-refractivity contribution in [2.24, 2.45) is 5.92 Å². The molecule has 1 aromatic heterocycles. The van der Waals surface area contributed by atoms with Crippen molar-refractivity contribution < 1.29 is 22.7 Å². The van der Waals surface area contributed by atoms with E-state index in [-0.39, 0.29) is 47.8 Å². The molecular formula is C33H41ClF3N7O2. The maximum absolute atomic E-state index is 14.1. The van der Waals surface area contributed by atoms with Gasteiger partial charge in [0.05, 0.1) is 28.5 Å². The van der Waals surface area contributed by atoms with E-state index in [1.54, 1.807) is 15.9 Å². The van der Waals surface area contributed by atoms with Crippen LogP contribution in [0.1, 0.15) is 49.9 Å². The number of allylic oxidation sites excluding steroid dienone is 1. The largest absolute Gasteiger partial charge is 0.462 e. The molecule has 0 aliphatic carbocycles. The number of anilines is 2. The molecule has 0 radical (unpaired) electrons. The van der Waals surface area contributed by atoms with Gasteiger partial charge in [0.25, 0.3) is 0 Å². The molecule has 0 bridgehead atoms. The van der Waals surface area contributed by atoms with E-state index < -0.39 is 11.7 Å². The number of fused-ring (bicyclic) bond motifs is 1. The van der Waals surface area contributed by atoms with Gasteiger partial charge >= 0.3 is 12.2 Å². The molecule has 0 spiro atoms. The van der Waals surface area contributed by atoms with Crippen LogP contribution in [0.25, 0.3) is 4.85 Å². The second-order valence-electron chi connectivity index (χ2n) is 12.7. The molecule has 13 heteroatoms. The lowest BCUT2D eigenvalue weighted by Gasteiger charge is -2.41. The summed E-state index contributed by atoms with van der Waals surface area (Å²) in [5.41, 5.74) is 0.585. The van der Waals surface area contributed by atoms with E-state index in [9.17, 15) is 18.0 Å². The molecule has 0 unspecified atom stereocenters. The summed E-state index contributed by atoms with van der Waals surface area (Å²) >= 11 is 6.06. The van der Waals surface area contributed by atoms with E-state index in [0.29, 0.717) is 56.6 Å². The maximum Gasteiger partial charge on any atom is 0.419 e. The quantitative estimate of drug-likeness (QED) is 0.252. The summed E-state index contributed by atoms with van der Waals surface area (Å²) in [6.45, 7) is 15.0. The number of piperazine rings is 1. The first-order valence-corrected chi connectivity index (χ1v) is 16.2. The topological polar surface area (TPSA) is 69.4 Å². The lowest BCUT2D eigenvalue weighted by molar-refractivity contribution is -0.137. The van der Waals surface area contributed by atoms with Crippen molar-refractivity contribution in [3.8, 4) is 6.01 Å². The fraction of sp³-hybridized carbons (Fsp3) is 0.576. The highest BCUT2D eigenvalue weighted by Crippen LogP contribution is 2.43. The van der Waals surface area contributed by atoms with Crippen molar-refractivity contribution in [2.45, 2.75) is 64.3 Å². The number of carbonyl (C=O) groups is 1. The Balaban J connectivity index is 1.45. The normalized spacial score (nSPS) is 20.8. The standard InChI is InChI=1S/C33H41ClF3N7O2/c1-22(2)8-5-12-29(45)44-17-16-43(19-24(44)18-38-3)31-25-13-15-42(28-11-6-10-26(34)30(28)33(35,36)37)20-27(25)39-32(40-31)46-21-23-9-7-14-41(23)4/h5-6,10-12,22-24H,7-9,13-21H2,1-2,4H3/b12-5+/t23-,24-/m0/s1. The number of amides is 1. The van der Waals surface area contributed by atoms with Gasteiger partial charge in [-0.05, 0) is 63.4 Å². The number of halogens is 4. The first-order valence-electron chi connectivity index (χ1n) is 15.8. The van der Waals surface area contributed by atoms with Gasteiger partial charge in [0.1, 0.15) is 18.5 Å². The second kappa shape index (κ2) is 14.5. The number of benzene rings is 1. The minimum Gasteiger partial charge on any atom is -0.462 e. The summed E-state index contributed by atoms with van der Waals surface area (Å²) in [5, 5.41) is -0.346. The van der Waals surface area contributed by atoms with Crippen LogP contribution in [-0.4, -0.2) is 90.7 Å². The number of carbonyl (C=O) groups excluding carboxylic acids is 1. The van der Waals surface area contributed by atoms with Crippen molar-refractivity contribution >= 4 is 29.0 Å². The number of ether oxygens (including phenoxy) is 1. The van der Waals surface area contributed by atoms with Crippen molar-refractivity contribution in [1.29, 1.82) is 0 Å². The van der Waals surface area contributed by atoms with E-state index in [1.807, 2.05) is 6.08 Å². The van der Waals surface area contributed by atoms with Crippen LogP contribution in [0.5, 0.6) is 6.01 Å². The molecule has 3 aliphatic heterocycles. The molecule has 9 nitrogen and oxygen atoms in total. The molecule has 2 fully saturated rings. The fourth-order valence-corrected chi connectivity index (χ4v) is 6.75. The summed E-state index contributed by atoms with van der Waals surface area (Å²) < 4.78 is 48.4. The van der Waals surface area contributed by atoms with Gasteiger partial charge in [-0.25, -0.2) is 6.57 Å². The Bertz CT molecular complexity index is 1480. The van der Waals surface area contributed by atoms with Crippen LogP contribution < -0.4 is 14.5 Å². The fourth-order valence-electron chi connectivity index (χ4n) is 6.47. The van der Waals surface area contributed by atoms with Crippen molar-refractivity contribution in [2.75, 3.05) is 62.7 Å². The Morgan fingerprint density at radius 3 is 2.67 bits per heavy atom. The molecule has 2 aromatic rings. The van der Waals surface area contributed by atoms with Gasteiger partial charge in [0, 0.05) is 37.8 Å². The van der Waals surface area contributed by atoms with Gasteiger partial charge in [0.15, 0.2) is 0 Å². The van der Waals surface area contributed by atoms with Crippen molar-refractivity contribution in [3.05, 3.63) is 63.6 Å². The number of hydrogen-bond acceptors (Lipinski definition) is 7. The monoisotopic (exact) mass is 659 g/mol. The van der Waals surface area contributed by atoms with Gasteiger partial charge in [-0.1, -0.05) is 37.6 Å². The number of nitrogens with zero attached hydrogens (tertiary/aromatic N) is 7. The predicted octanol–water partition coefficient (Wildman–Crippen LogP) is 5.72. The highest BCUT2D eigenvalue weighted by molar-refractivity contribution is 6.31. The number of likely N-dealkylation sites (N-methyl/N-ethyl adjacent to an activating group) is 1. The Labute approximate surface area is 273 Å².